The molecular weight excluding hydrogens is 222 g/mol. The van der Waals surface area contributed by atoms with Crippen molar-refractivity contribution < 1.29 is 4.74 Å². The molecule has 0 heterocycles. The van der Waals surface area contributed by atoms with Crippen LogP contribution in [0, 0.1) is 19.8 Å². The SMILES string of the molecule is COc1cc(C)c(CCCC(N)C(C)C)c(C)c1. The highest BCUT2D eigenvalue weighted by atomic mass is 16.5. The number of ether oxygens (including phenoxy) is 1. The predicted octanol–water partition coefficient (Wildman–Crippen LogP) is 3.62. The van der Waals surface area contributed by atoms with Gasteiger partial charge in [-0.15, -0.1) is 0 Å². The normalized spacial score (nSPS) is 12.8. The van der Waals surface area contributed by atoms with Gasteiger partial charge in [-0.1, -0.05) is 13.8 Å². The Morgan fingerprint density at radius 2 is 1.72 bits per heavy atom. The number of benzene rings is 1. The van der Waals surface area contributed by atoms with Crippen molar-refractivity contribution in [2.75, 3.05) is 7.11 Å². The number of hydrogen-bond donors (Lipinski definition) is 1. The molecule has 0 fully saturated rings. The molecule has 0 aliphatic carbocycles. The Kier molecular flexibility index (Phi) is 5.67. The first-order chi connectivity index (χ1) is 8.45. The average Bonchev–Trinajstić information content (AvgIpc) is 2.31. The van der Waals surface area contributed by atoms with E-state index in [9.17, 15) is 0 Å². The maximum atomic E-state index is 6.08. The molecule has 0 aromatic heterocycles. The van der Waals surface area contributed by atoms with Crippen LogP contribution in [0.15, 0.2) is 12.1 Å². The summed E-state index contributed by atoms with van der Waals surface area (Å²) in [5.41, 5.74) is 10.2. The second kappa shape index (κ2) is 6.79. The molecule has 0 aliphatic rings. The molecule has 1 aromatic carbocycles. The first-order valence-corrected chi connectivity index (χ1v) is 6.85. The summed E-state index contributed by atoms with van der Waals surface area (Å²) in [5, 5.41) is 0. The maximum absolute atomic E-state index is 6.08. The van der Waals surface area contributed by atoms with Gasteiger partial charge in [0.05, 0.1) is 7.11 Å². The zero-order valence-electron chi connectivity index (χ0n) is 12.4. The van der Waals surface area contributed by atoms with Crippen molar-refractivity contribution in [3.05, 3.63) is 28.8 Å². The lowest BCUT2D eigenvalue weighted by molar-refractivity contribution is 0.413. The Balaban J connectivity index is 2.62. The summed E-state index contributed by atoms with van der Waals surface area (Å²) in [4.78, 5) is 0. The van der Waals surface area contributed by atoms with Crippen molar-refractivity contribution in [1.82, 2.24) is 0 Å². The van der Waals surface area contributed by atoms with Crippen LogP contribution < -0.4 is 10.5 Å². The Morgan fingerprint density at radius 3 is 2.17 bits per heavy atom. The molecule has 0 bridgehead atoms. The molecule has 102 valence electrons. The minimum atomic E-state index is 0.323. The molecule has 2 N–H and O–H groups in total. The van der Waals surface area contributed by atoms with Gasteiger partial charge in [0.2, 0.25) is 0 Å². The first-order valence-electron chi connectivity index (χ1n) is 6.85. The summed E-state index contributed by atoms with van der Waals surface area (Å²) in [6, 6.07) is 4.55. The van der Waals surface area contributed by atoms with E-state index in [0.717, 1.165) is 25.0 Å². The maximum Gasteiger partial charge on any atom is 0.119 e. The molecule has 2 heteroatoms. The van der Waals surface area contributed by atoms with Crippen LogP contribution >= 0.6 is 0 Å². The van der Waals surface area contributed by atoms with Crippen LogP contribution in [0.4, 0.5) is 0 Å². The van der Waals surface area contributed by atoms with Crippen molar-refractivity contribution in [3.63, 3.8) is 0 Å². The monoisotopic (exact) mass is 249 g/mol. The quantitative estimate of drug-likeness (QED) is 0.835. The minimum absolute atomic E-state index is 0.323. The van der Waals surface area contributed by atoms with Crippen molar-refractivity contribution in [2.24, 2.45) is 11.7 Å². The lowest BCUT2D eigenvalue weighted by atomic mass is 9.94. The highest BCUT2D eigenvalue weighted by molar-refractivity contribution is 5.41. The lowest BCUT2D eigenvalue weighted by Crippen LogP contribution is -2.26. The predicted molar refractivity (Wildman–Crippen MR) is 78.2 cm³/mol. The van der Waals surface area contributed by atoms with Gasteiger partial charge >= 0.3 is 0 Å². The van der Waals surface area contributed by atoms with E-state index >= 15 is 0 Å². The molecule has 0 saturated heterocycles. The van der Waals surface area contributed by atoms with E-state index in [1.807, 2.05) is 0 Å². The van der Waals surface area contributed by atoms with Crippen LogP contribution in [0.2, 0.25) is 0 Å². The standard InChI is InChI=1S/C16H27NO/c1-11(2)16(17)8-6-7-15-12(3)9-14(18-5)10-13(15)4/h9-11,16H,6-8,17H2,1-5H3. The molecule has 1 unspecified atom stereocenters. The second-order valence-corrected chi connectivity index (χ2v) is 5.54. The van der Waals surface area contributed by atoms with Gasteiger partial charge in [-0.3, -0.25) is 0 Å². The molecule has 0 aliphatic heterocycles. The van der Waals surface area contributed by atoms with Crippen LogP contribution in [0.25, 0.3) is 0 Å². The van der Waals surface area contributed by atoms with Gasteiger partial charge < -0.3 is 10.5 Å². The number of methoxy groups -OCH3 is 1. The molecular formula is C16H27NO. The van der Waals surface area contributed by atoms with Gasteiger partial charge in [0.15, 0.2) is 0 Å². The molecule has 0 amide bonds. The van der Waals surface area contributed by atoms with Gasteiger partial charge in [-0.2, -0.15) is 0 Å². The molecule has 0 saturated carbocycles. The molecule has 1 aromatic rings. The van der Waals surface area contributed by atoms with Crippen LogP contribution in [0.1, 0.15) is 43.4 Å². The highest BCUT2D eigenvalue weighted by Crippen LogP contribution is 2.23. The highest BCUT2D eigenvalue weighted by Gasteiger charge is 2.09. The molecule has 1 atom stereocenters. The zero-order chi connectivity index (χ0) is 13.7. The van der Waals surface area contributed by atoms with E-state index in [4.69, 9.17) is 10.5 Å². The van der Waals surface area contributed by atoms with Gasteiger partial charge in [0.1, 0.15) is 5.75 Å². The smallest absolute Gasteiger partial charge is 0.119 e. The fraction of sp³-hybridized carbons (Fsp3) is 0.625. The number of aryl methyl sites for hydroxylation is 2. The van der Waals surface area contributed by atoms with Crippen LogP contribution in [-0.2, 0) is 6.42 Å². The van der Waals surface area contributed by atoms with Gasteiger partial charge in [0, 0.05) is 6.04 Å². The van der Waals surface area contributed by atoms with Crippen LogP contribution in [0.5, 0.6) is 5.75 Å². The third-order valence-corrected chi connectivity index (χ3v) is 3.73. The lowest BCUT2D eigenvalue weighted by Gasteiger charge is -2.16. The molecule has 18 heavy (non-hydrogen) atoms. The molecule has 0 radical (unpaired) electrons. The Morgan fingerprint density at radius 1 is 1.17 bits per heavy atom. The van der Waals surface area contributed by atoms with E-state index in [1.54, 1.807) is 7.11 Å². The van der Waals surface area contributed by atoms with E-state index in [1.165, 1.54) is 16.7 Å². The Hall–Kier alpha value is -1.02. The number of nitrogens with two attached hydrogens (primary N) is 1. The first kappa shape index (κ1) is 15.0. The van der Waals surface area contributed by atoms with E-state index in [0.29, 0.717) is 12.0 Å². The van der Waals surface area contributed by atoms with Gasteiger partial charge in [-0.05, 0) is 67.9 Å². The number of hydrogen-bond acceptors (Lipinski definition) is 2. The van der Waals surface area contributed by atoms with Crippen molar-refractivity contribution in [1.29, 1.82) is 0 Å². The number of rotatable bonds is 6. The Labute approximate surface area is 112 Å². The second-order valence-electron chi connectivity index (χ2n) is 5.54. The van der Waals surface area contributed by atoms with Crippen molar-refractivity contribution in [3.8, 4) is 5.75 Å². The van der Waals surface area contributed by atoms with E-state index in [-0.39, 0.29) is 0 Å². The third-order valence-electron chi connectivity index (χ3n) is 3.73. The van der Waals surface area contributed by atoms with Crippen LogP contribution in [-0.4, -0.2) is 13.2 Å². The zero-order valence-corrected chi connectivity index (χ0v) is 12.4. The summed E-state index contributed by atoms with van der Waals surface area (Å²) in [6.45, 7) is 8.70. The minimum Gasteiger partial charge on any atom is -0.497 e. The summed E-state index contributed by atoms with van der Waals surface area (Å²) in [7, 11) is 1.72. The summed E-state index contributed by atoms with van der Waals surface area (Å²) < 4.78 is 5.28. The summed E-state index contributed by atoms with van der Waals surface area (Å²) >= 11 is 0. The fourth-order valence-electron chi connectivity index (χ4n) is 2.31. The summed E-state index contributed by atoms with van der Waals surface area (Å²) in [6.07, 6.45) is 3.37. The van der Waals surface area contributed by atoms with Crippen molar-refractivity contribution in [2.45, 2.75) is 53.0 Å². The topological polar surface area (TPSA) is 35.2 Å². The Bertz CT molecular complexity index is 362. The fourth-order valence-corrected chi connectivity index (χ4v) is 2.31. The third kappa shape index (κ3) is 4.02. The van der Waals surface area contributed by atoms with E-state index in [2.05, 4.69) is 39.8 Å². The average molecular weight is 249 g/mol. The summed E-state index contributed by atoms with van der Waals surface area (Å²) in [5.74, 6) is 1.52. The van der Waals surface area contributed by atoms with Crippen molar-refractivity contribution >= 4 is 0 Å². The largest absolute Gasteiger partial charge is 0.497 e. The van der Waals surface area contributed by atoms with Gasteiger partial charge in [-0.25, -0.2) is 0 Å². The molecule has 0 spiro atoms. The molecule has 1 rings (SSSR count). The molecule has 2 nitrogen and oxygen atoms in total. The van der Waals surface area contributed by atoms with Crippen LogP contribution in [0.3, 0.4) is 0 Å². The van der Waals surface area contributed by atoms with Gasteiger partial charge in [0.25, 0.3) is 0 Å². The van der Waals surface area contributed by atoms with E-state index < -0.39 is 0 Å².